The number of rotatable bonds is 2. The molecule has 1 aromatic carbocycles. The molecule has 0 unspecified atom stereocenters. The molecule has 0 N–H and O–H groups in total. The predicted octanol–water partition coefficient (Wildman–Crippen LogP) is 1.23. The van der Waals surface area contributed by atoms with Crippen LogP contribution in [0, 0.1) is 12.7 Å². The van der Waals surface area contributed by atoms with Crippen molar-refractivity contribution in [1.29, 1.82) is 0 Å². The Balaban J connectivity index is 1.84. The van der Waals surface area contributed by atoms with Crippen LogP contribution in [0.1, 0.15) is 12.0 Å². The number of piperidine rings is 1. The summed E-state index contributed by atoms with van der Waals surface area (Å²) in [5.74, 6) is -0.391. The third-order valence-corrected chi connectivity index (χ3v) is 6.45. The number of hydrogen-bond donors (Lipinski definition) is 0. The molecule has 2 atom stereocenters. The Labute approximate surface area is 130 Å². The zero-order valence-electron chi connectivity index (χ0n) is 12.8. The molecule has 2 aliphatic rings. The zero-order valence-corrected chi connectivity index (χ0v) is 13.6. The smallest absolute Gasteiger partial charge is 0.243 e. The summed E-state index contributed by atoms with van der Waals surface area (Å²) in [5.41, 5.74) is 0.342. The van der Waals surface area contributed by atoms with E-state index in [0.29, 0.717) is 31.7 Å². The van der Waals surface area contributed by atoms with Gasteiger partial charge in [-0.3, -0.25) is 4.90 Å². The van der Waals surface area contributed by atoms with E-state index in [4.69, 9.17) is 4.74 Å². The number of morpholine rings is 1. The average molecular weight is 328 g/mol. The summed E-state index contributed by atoms with van der Waals surface area (Å²) >= 11 is 0. The molecule has 5 nitrogen and oxygen atoms in total. The van der Waals surface area contributed by atoms with Gasteiger partial charge in [0.25, 0.3) is 0 Å². The van der Waals surface area contributed by atoms with Gasteiger partial charge in [0.2, 0.25) is 10.0 Å². The summed E-state index contributed by atoms with van der Waals surface area (Å²) in [6.45, 7) is 3.93. The second-order valence-electron chi connectivity index (χ2n) is 6.02. The van der Waals surface area contributed by atoms with E-state index in [2.05, 4.69) is 4.90 Å². The van der Waals surface area contributed by atoms with E-state index in [1.165, 1.54) is 22.5 Å². The minimum atomic E-state index is -3.59. The molecule has 22 heavy (non-hydrogen) atoms. The van der Waals surface area contributed by atoms with Crippen molar-refractivity contribution in [2.75, 3.05) is 33.3 Å². The number of fused-ring (bicyclic) bond motifs is 1. The average Bonchev–Trinajstić information content (AvgIpc) is 2.50. The van der Waals surface area contributed by atoms with Gasteiger partial charge in [0, 0.05) is 25.7 Å². The lowest BCUT2D eigenvalue weighted by molar-refractivity contribution is -0.0840. The van der Waals surface area contributed by atoms with E-state index < -0.39 is 15.8 Å². The molecule has 0 spiro atoms. The van der Waals surface area contributed by atoms with Gasteiger partial charge in [-0.05, 0) is 44.2 Å². The van der Waals surface area contributed by atoms with Gasteiger partial charge < -0.3 is 4.74 Å². The first-order chi connectivity index (χ1) is 10.4. The Morgan fingerprint density at radius 1 is 1.32 bits per heavy atom. The summed E-state index contributed by atoms with van der Waals surface area (Å²) in [4.78, 5) is 2.32. The predicted molar refractivity (Wildman–Crippen MR) is 80.7 cm³/mol. The van der Waals surface area contributed by atoms with Gasteiger partial charge in [0.05, 0.1) is 17.6 Å². The highest BCUT2D eigenvalue weighted by atomic mass is 32.2. The standard InChI is InChI=1S/C15H21FN2O3S/c1-11-9-12(3-4-13(11)16)22(19,20)18-6-5-15-14(10-18)17(2)7-8-21-15/h3-4,9,14-15H,5-8,10H2,1-2H3/t14-,15-/m1/s1. The van der Waals surface area contributed by atoms with E-state index in [0.717, 1.165) is 6.54 Å². The third kappa shape index (κ3) is 2.78. The van der Waals surface area contributed by atoms with Gasteiger partial charge in [-0.15, -0.1) is 0 Å². The van der Waals surface area contributed by atoms with E-state index >= 15 is 0 Å². The highest BCUT2D eigenvalue weighted by molar-refractivity contribution is 7.89. The molecule has 1 aromatic rings. The quantitative estimate of drug-likeness (QED) is 0.819. The van der Waals surface area contributed by atoms with Crippen molar-refractivity contribution in [3.05, 3.63) is 29.6 Å². The van der Waals surface area contributed by atoms with Crippen LogP contribution in [0.25, 0.3) is 0 Å². The maximum Gasteiger partial charge on any atom is 0.243 e. The number of hydrogen-bond acceptors (Lipinski definition) is 4. The van der Waals surface area contributed by atoms with Gasteiger partial charge >= 0.3 is 0 Å². The normalized spacial score (nSPS) is 27.6. The molecule has 0 aromatic heterocycles. The molecular formula is C15H21FN2O3S. The van der Waals surface area contributed by atoms with Crippen LogP contribution in [-0.4, -0.2) is 63.1 Å². The van der Waals surface area contributed by atoms with Gasteiger partial charge in [-0.2, -0.15) is 4.31 Å². The molecule has 122 valence electrons. The Bertz CT molecular complexity index is 665. The Morgan fingerprint density at radius 3 is 2.82 bits per heavy atom. The largest absolute Gasteiger partial charge is 0.375 e. The van der Waals surface area contributed by atoms with Crippen LogP contribution in [0.5, 0.6) is 0 Å². The first-order valence-corrected chi connectivity index (χ1v) is 8.92. The minimum Gasteiger partial charge on any atom is -0.375 e. The Hall–Kier alpha value is -1.02. The van der Waals surface area contributed by atoms with E-state index in [1.54, 1.807) is 6.92 Å². The Kier molecular flexibility index (Phi) is 4.24. The molecule has 0 saturated carbocycles. The highest BCUT2D eigenvalue weighted by Crippen LogP contribution is 2.27. The monoisotopic (exact) mass is 328 g/mol. The molecule has 0 amide bonds. The lowest BCUT2D eigenvalue weighted by Gasteiger charge is -2.45. The molecule has 2 fully saturated rings. The molecule has 3 rings (SSSR count). The van der Waals surface area contributed by atoms with Crippen LogP contribution >= 0.6 is 0 Å². The van der Waals surface area contributed by atoms with Gasteiger partial charge in [-0.1, -0.05) is 0 Å². The van der Waals surface area contributed by atoms with Crippen molar-refractivity contribution in [3.8, 4) is 0 Å². The molecule has 0 radical (unpaired) electrons. The van der Waals surface area contributed by atoms with E-state index in [9.17, 15) is 12.8 Å². The maximum absolute atomic E-state index is 13.4. The zero-order chi connectivity index (χ0) is 15.9. The third-order valence-electron chi connectivity index (χ3n) is 4.59. The minimum absolute atomic E-state index is 0.0822. The van der Waals surface area contributed by atoms with Crippen LogP contribution in [0.3, 0.4) is 0 Å². The van der Waals surface area contributed by atoms with Crippen LogP contribution in [0.15, 0.2) is 23.1 Å². The van der Waals surface area contributed by atoms with E-state index in [-0.39, 0.29) is 17.0 Å². The molecule has 2 aliphatic heterocycles. The molecule has 0 bridgehead atoms. The molecule has 7 heteroatoms. The van der Waals surface area contributed by atoms with Crippen molar-refractivity contribution in [2.24, 2.45) is 0 Å². The van der Waals surface area contributed by atoms with Crippen molar-refractivity contribution in [2.45, 2.75) is 30.4 Å². The second kappa shape index (κ2) is 5.88. The fraction of sp³-hybridized carbons (Fsp3) is 0.600. The van der Waals surface area contributed by atoms with Crippen molar-refractivity contribution < 1.29 is 17.5 Å². The summed E-state index contributed by atoms with van der Waals surface area (Å²) in [6.07, 6.45) is 0.786. The number of ether oxygens (including phenoxy) is 1. The first-order valence-electron chi connectivity index (χ1n) is 7.48. The lowest BCUT2D eigenvalue weighted by atomic mass is 10.0. The number of sulfonamides is 1. The summed E-state index contributed by atoms with van der Waals surface area (Å²) in [6, 6.07) is 4.03. The molecule has 0 aliphatic carbocycles. The van der Waals surface area contributed by atoms with Crippen molar-refractivity contribution >= 4 is 10.0 Å². The Morgan fingerprint density at radius 2 is 2.09 bits per heavy atom. The van der Waals surface area contributed by atoms with Crippen molar-refractivity contribution in [3.63, 3.8) is 0 Å². The van der Waals surface area contributed by atoms with E-state index in [1.807, 2.05) is 7.05 Å². The van der Waals surface area contributed by atoms with Crippen LogP contribution in [0.2, 0.25) is 0 Å². The number of likely N-dealkylation sites (N-methyl/N-ethyl adjacent to an activating group) is 1. The van der Waals surface area contributed by atoms with Gasteiger partial charge in [0.15, 0.2) is 0 Å². The second-order valence-corrected chi connectivity index (χ2v) is 7.96. The van der Waals surface area contributed by atoms with Crippen molar-refractivity contribution in [1.82, 2.24) is 9.21 Å². The van der Waals surface area contributed by atoms with Crippen LogP contribution in [-0.2, 0) is 14.8 Å². The fourth-order valence-electron chi connectivity index (χ4n) is 3.16. The molecule has 2 saturated heterocycles. The number of aryl methyl sites for hydroxylation is 1. The summed E-state index contributed by atoms with van der Waals surface area (Å²) in [7, 11) is -1.59. The SMILES string of the molecule is Cc1cc(S(=O)(=O)N2CC[C@H]3OCCN(C)[C@@H]3C2)ccc1F. The molecular weight excluding hydrogens is 307 g/mol. The van der Waals surface area contributed by atoms with Gasteiger partial charge in [0.1, 0.15) is 5.82 Å². The van der Waals surface area contributed by atoms with Gasteiger partial charge in [-0.25, -0.2) is 12.8 Å². The first kappa shape index (κ1) is 15.9. The maximum atomic E-state index is 13.4. The fourth-order valence-corrected chi connectivity index (χ4v) is 4.72. The molecule has 2 heterocycles. The summed E-state index contributed by atoms with van der Waals surface area (Å²) < 4.78 is 46.2. The number of nitrogens with zero attached hydrogens (tertiary/aromatic N) is 2. The lowest BCUT2D eigenvalue weighted by Crippen LogP contribution is -2.59. The highest BCUT2D eigenvalue weighted by Gasteiger charge is 2.39. The van der Waals surface area contributed by atoms with Crippen LogP contribution < -0.4 is 0 Å². The number of benzene rings is 1. The summed E-state index contributed by atoms with van der Waals surface area (Å²) in [5, 5.41) is 0. The topological polar surface area (TPSA) is 49.9 Å². The number of halogens is 1. The van der Waals surface area contributed by atoms with Crippen LogP contribution in [0.4, 0.5) is 4.39 Å².